The first-order valence-corrected chi connectivity index (χ1v) is 5.21. The average Bonchev–Trinajstić information content (AvgIpc) is 2.49. The zero-order valence-corrected chi connectivity index (χ0v) is 9.38. The molecule has 0 aromatic heterocycles. The Labute approximate surface area is 87.6 Å². The fourth-order valence-electron chi connectivity index (χ4n) is 0.839. The summed E-state index contributed by atoms with van der Waals surface area (Å²) in [7, 11) is 0. The topological polar surface area (TPSA) is 3.24 Å². The van der Waals surface area contributed by atoms with E-state index >= 15 is 0 Å². The van der Waals surface area contributed by atoms with Crippen LogP contribution in [0, 0.1) is 0 Å². The molecule has 0 aromatic rings. The van der Waals surface area contributed by atoms with Crippen LogP contribution in [0.3, 0.4) is 0 Å². The van der Waals surface area contributed by atoms with Gasteiger partial charge in [-0.2, -0.15) is 0 Å². The fraction of sp³-hybridized carbons (Fsp3) is 0.250. The molecule has 0 amide bonds. The molecule has 0 bridgehead atoms. The third kappa shape index (κ3) is 2.03. The second kappa shape index (κ2) is 4.30. The highest BCUT2D eigenvalue weighted by atomic mass is 35.5. The molecular formula is C8H10ClNS2. The van der Waals surface area contributed by atoms with Crippen LogP contribution in [0.5, 0.6) is 0 Å². The molecule has 1 aliphatic heterocycles. The van der Waals surface area contributed by atoms with Gasteiger partial charge in [-0.3, -0.25) is 0 Å². The van der Waals surface area contributed by atoms with E-state index in [2.05, 4.69) is 12.6 Å². The highest BCUT2D eigenvalue weighted by Gasteiger charge is 2.14. The number of thiol groups is 1. The van der Waals surface area contributed by atoms with Crippen LogP contribution in [0.25, 0.3) is 0 Å². The van der Waals surface area contributed by atoms with Gasteiger partial charge in [0.2, 0.25) is 0 Å². The summed E-state index contributed by atoms with van der Waals surface area (Å²) in [6.07, 6.45) is 3.98. The predicted molar refractivity (Wildman–Crippen MR) is 59.9 cm³/mol. The van der Waals surface area contributed by atoms with Crippen molar-refractivity contribution in [3.05, 3.63) is 32.8 Å². The molecule has 0 aliphatic carbocycles. The molecule has 1 heterocycles. The van der Waals surface area contributed by atoms with Crippen molar-refractivity contribution in [2.75, 3.05) is 0 Å². The van der Waals surface area contributed by atoms with E-state index in [9.17, 15) is 0 Å². The van der Waals surface area contributed by atoms with E-state index in [0.29, 0.717) is 5.03 Å². The van der Waals surface area contributed by atoms with Crippen molar-refractivity contribution in [3.63, 3.8) is 0 Å². The molecule has 0 saturated carbocycles. The number of hydrogen-bond acceptors (Lipinski definition) is 3. The monoisotopic (exact) mass is 219 g/mol. The van der Waals surface area contributed by atoms with Gasteiger partial charge < -0.3 is 4.90 Å². The van der Waals surface area contributed by atoms with Crippen LogP contribution in [0.4, 0.5) is 0 Å². The van der Waals surface area contributed by atoms with Crippen molar-refractivity contribution in [2.45, 2.75) is 13.8 Å². The maximum Gasteiger partial charge on any atom is 0.0911 e. The fourth-order valence-corrected chi connectivity index (χ4v) is 1.90. The van der Waals surface area contributed by atoms with Gasteiger partial charge in [-0.25, -0.2) is 0 Å². The second-order valence-electron chi connectivity index (χ2n) is 2.26. The Hall–Kier alpha value is 0.01000. The minimum absolute atomic E-state index is 0.699. The van der Waals surface area contributed by atoms with Gasteiger partial charge in [-0.1, -0.05) is 29.4 Å². The van der Waals surface area contributed by atoms with E-state index in [4.69, 9.17) is 11.6 Å². The van der Waals surface area contributed by atoms with E-state index < -0.39 is 0 Å². The Balaban J connectivity index is 2.89. The van der Waals surface area contributed by atoms with E-state index in [-0.39, 0.29) is 0 Å². The summed E-state index contributed by atoms with van der Waals surface area (Å²) in [5.74, 6) is 0. The van der Waals surface area contributed by atoms with E-state index in [0.717, 1.165) is 10.1 Å². The molecule has 0 aromatic carbocycles. The summed E-state index contributed by atoms with van der Waals surface area (Å²) < 4.78 is 0. The molecule has 4 heteroatoms. The first-order valence-electron chi connectivity index (χ1n) is 3.51. The molecule has 66 valence electrons. The first kappa shape index (κ1) is 10.1. The number of allylic oxidation sites excluding steroid dienone is 2. The number of rotatable bonds is 1. The molecule has 1 rings (SSSR count). The molecule has 12 heavy (non-hydrogen) atoms. The SMILES string of the molecule is CC=C1SC=CN1/C(S)=C(\C)Cl. The predicted octanol–water partition coefficient (Wildman–Crippen LogP) is 3.73. The van der Waals surface area contributed by atoms with Crippen LogP contribution in [-0.4, -0.2) is 4.90 Å². The summed E-state index contributed by atoms with van der Waals surface area (Å²) in [6, 6.07) is 0. The smallest absolute Gasteiger partial charge is 0.0911 e. The molecule has 0 radical (unpaired) electrons. The summed E-state index contributed by atoms with van der Waals surface area (Å²) in [5.41, 5.74) is 0. The van der Waals surface area contributed by atoms with Gasteiger partial charge in [-0.15, -0.1) is 12.6 Å². The molecule has 1 nitrogen and oxygen atoms in total. The molecule has 0 saturated heterocycles. The molecule has 0 fully saturated rings. The molecule has 0 atom stereocenters. The van der Waals surface area contributed by atoms with Gasteiger partial charge in [0, 0.05) is 11.2 Å². The number of halogens is 1. The maximum absolute atomic E-state index is 5.82. The van der Waals surface area contributed by atoms with E-state index in [1.165, 1.54) is 0 Å². The Bertz CT molecular complexity index is 264. The van der Waals surface area contributed by atoms with Crippen LogP contribution in [0.2, 0.25) is 0 Å². The lowest BCUT2D eigenvalue weighted by molar-refractivity contribution is 0.666. The van der Waals surface area contributed by atoms with E-state index in [1.807, 2.05) is 36.4 Å². The maximum atomic E-state index is 5.82. The largest absolute Gasteiger partial charge is 0.305 e. The summed E-state index contributed by atoms with van der Waals surface area (Å²) in [6.45, 7) is 3.82. The average molecular weight is 220 g/mol. The zero-order chi connectivity index (χ0) is 9.14. The zero-order valence-electron chi connectivity index (χ0n) is 6.91. The number of hydrogen-bond donors (Lipinski definition) is 1. The first-order chi connectivity index (χ1) is 5.66. The minimum Gasteiger partial charge on any atom is -0.305 e. The van der Waals surface area contributed by atoms with Crippen molar-refractivity contribution >= 4 is 36.0 Å². The van der Waals surface area contributed by atoms with Crippen molar-refractivity contribution < 1.29 is 0 Å². The van der Waals surface area contributed by atoms with Crippen molar-refractivity contribution in [3.8, 4) is 0 Å². The van der Waals surface area contributed by atoms with Crippen LogP contribution >= 0.6 is 36.0 Å². The summed E-state index contributed by atoms with van der Waals surface area (Å²) in [5, 5.41) is 4.63. The third-order valence-electron chi connectivity index (χ3n) is 1.42. The Morgan fingerprint density at radius 3 is 2.92 bits per heavy atom. The molecule has 0 unspecified atom stereocenters. The standard InChI is InChI=1S/C8H10ClNS2/c1-3-7-10(4-5-12-7)8(11)6(2)9/h3-5,11H,1-2H3/b7-3?,8-6-. The van der Waals surface area contributed by atoms with Crippen LogP contribution < -0.4 is 0 Å². The van der Waals surface area contributed by atoms with Crippen molar-refractivity contribution in [2.24, 2.45) is 0 Å². The lowest BCUT2D eigenvalue weighted by Crippen LogP contribution is -2.07. The summed E-state index contributed by atoms with van der Waals surface area (Å²) >= 11 is 11.8. The second-order valence-corrected chi connectivity index (χ2v) is 4.17. The van der Waals surface area contributed by atoms with Crippen LogP contribution in [-0.2, 0) is 0 Å². The molecule has 1 aliphatic rings. The Kier molecular flexibility index (Phi) is 3.62. The van der Waals surface area contributed by atoms with Gasteiger partial charge in [0.1, 0.15) is 0 Å². The van der Waals surface area contributed by atoms with Gasteiger partial charge in [-0.05, 0) is 19.3 Å². The highest BCUT2D eigenvalue weighted by Crippen LogP contribution is 2.34. The Morgan fingerprint density at radius 1 is 1.75 bits per heavy atom. The van der Waals surface area contributed by atoms with Crippen LogP contribution in [0.1, 0.15) is 13.8 Å². The molecular weight excluding hydrogens is 210 g/mol. The molecule has 0 spiro atoms. The minimum atomic E-state index is 0.699. The molecule has 0 N–H and O–H groups in total. The van der Waals surface area contributed by atoms with Crippen molar-refractivity contribution in [1.82, 2.24) is 4.90 Å². The van der Waals surface area contributed by atoms with Gasteiger partial charge >= 0.3 is 0 Å². The highest BCUT2D eigenvalue weighted by molar-refractivity contribution is 8.06. The Morgan fingerprint density at radius 2 is 2.42 bits per heavy atom. The van der Waals surface area contributed by atoms with Gasteiger partial charge in [0.05, 0.1) is 10.1 Å². The third-order valence-corrected chi connectivity index (χ3v) is 3.21. The lowest BCUT2D eigenvalue weighted by Gasteiger charge is -2.17. The normalized spacial score (nSPS) is 22.0. The quantitative estimate of drug-likeness (QED) is 0.670. The summed E-state index contributed by atoms with van der Waals surface area (Å²) in [4.78, 5) is 1.95. The van der Waals surface area contributed by atoms with Crippen LogP contribution in [0.15, 0.2) is 32.8 Å². The van der Waals surface area contributed by atoms with Gasteiger partial charge in [0.15, 0.2) is 0 Å². The number of thioether (sulfide) groups is 1. The van der Waals surface area contributed by atoms with E-state index in [1.54, 1.807) is 11.8 Å². The van der Waals surface area contributed by atoms with Gasteiger partial charge in [0.25, 0.3) is 0 Å². The lowest BCUT2D eigenvalue weighted by atomic mass is 10.5. The number of nitrogens with zero attached hydrogens (tertiary/aromatic N) is 1. The van der Waals surface area contributed by atoms with Crippen molar-refractivity contribution in [1.29, 1.82) is 0 Å².